The van der Waals surface area contributed by atoms with Crippen LogP contribution in [0.4, 0.5) is 5.69 Å². The van der Waals surface area contributed by atoms with Gasteiger partial charge >= 0.3 is 0 Å². The van der Waals surface area contributed by atoms with Crippen LogP contribution in [0.1, 0.15) is 0 Å². The van der Waals surface area contributed by atoms with Crippen LogP contribution in [0.5, 0.6) is 0 Å². The summed E-state index contributed by atoms with van der Waals surface area (Å²) in [5.74, 6) is 0. The highest BCUT2D eigenvalue weighted by Crippen LogP contribution is 2.27. The minimum Gasteiger partial charge on any atom is -0.311 e. The van der Waals surface area contributed by atoms with Crippen LogP contribution >= 0.6 is 23.2 Å². The van der Waals surface area contributed by atoms with Crippen molar-refractivity contribution in [1.82, 2.24) is 0 Å². The molecule has 1 aliphatic heterocycles. The van der Waals surface area contributed by atoms with Gasteiger partial charge < -0.3 is 4.90 Å². The Labute approximate surface area is 115 Å². The fourth-order valence-corrected chi connectivity index (χ4v) is 2.35. The third kappa shape index (κ3) is 2.09. The number of rotatable bonds is 1. The highest BCUT2D eigenvalue weighted by atomic mass is 35.5. The number of benzene rings is 2. The molecule has 1 unspecified atom stereocenters. The molecule has 0 spiro atoms. The molecule has 0 N–H and O–H groups in total. The summed E-state index contributed by atoms with van der Waals surface area (Å²) in [7, 11) is 0. The van der Waals surface area contributed by atoms with Gasteiger partial charge in [0.05, 0.1) is 5.03 Å². The number of alkyl halides is 1. The summed E-state index contributed by atoms with van der Waals surface area (Å²) in [6, 6.07) is 14.3. The smallest absolute Gasteiger partial charge is 0.201 e. The molecule has 0 fully saturated rings. The largest absolute Gasteiger partial charge is 0.311 e. The number of allylic oxidation sites excluding steroid dienone is 1. The highest BCUT2D eigenvalue weighted by molar-refractivity contribution is 6.40. The Morgan fingerprint density at radius 2 is 1.83 bits per heavy atom. The Balaban J connectivity index is 2.06. The highest BCUT2D eigenvalue weighted by Gasteiger charge is 2.16. The molecule has 0 saturated carbocycles. The van der Waals surface area contributed by atoms with Gasteiger partial charge in [-0.3, -0.25) is 4.99 Å². The van der Waals surface area contributed by atoms with Crippen molar-refractivity contribution in [2.45, 2.75) is 5.62 Å². The Hall–Kier alpha value is -1.51. The quantitative estimate of drug-likeness (QED) is 0.559. The molecule has 2 aromatic rings. The summed E-state index contributed by atoms with van der Waals surface area (Å²) in [5, 5.41) is 2.93. The lowest BCUT2D eigenvalue weighted by atomic mass is 10.1. The van der Waals surface area contributed by atoms with E-state index in [2.05, 4.69) is 29.3 Å². The van der Waals surface area contributed by atoms with Crippen LogP contribution in [0.15, 0.2) is 58.7 Å². The van der Waals surface area contributed by atoms with Crippen molar-refractivity contribution in [3.8, 4) is 0 Å². The van der Waals surface area contributed by atoms with Crippen molar-refractivity contribution in [2.24, 2.45) is 4.99 Å². The zero-order valence-corrected chi connectivity index (χ0v) is 10.9. The van der Waals surface area contributed by atoms with E-state index in [0.717, 1.165) is 11.1 Å². The molecule has 90 valence electrons. The molecule has 1 aliphatic rings. The number of anilines is 1. The minimum absolute atomic E-state index is 0.450. The second-order valence-electron chi connectivity index (χ2n) is 4.04. The molecule has 2 nitrogen and oxygen atoms in total. The van der Waals surface area contributed by atoms with E-state index in [4.69, 9.17) is 23.2 Å². The van der Waals surface area contributed by atoms with Gasteiger partial charge in [-0.1, -0.05) is 53.5 Å². The molecule has 2 aromatic carbocycles. The van der Waals surface area contributed by atoms with Gasteiger partial charge in [0.1, 0.15) is 0 Å². The second-order valence-corrected chi connectivity index (χ2v) is 4.87. The maximum atomic E-state index is 6.16. The Kier molecular flexibility index (Phi) is 2.98. The molecule has 1 heterocycles. The number of fused-ring (bicyclic) bond motifs is 1. The van der Waals surface area contributed by atoms with Crippen LogP contribution in [0.25, 0.3) is 10.8 Å². The molecule has 3 rings (SSSR count). The van der Waals surface area contributed by atoms with E-state index in [1.165, 1.54) is 5.39 Å². The Morgan fingerprint density at radius 3 is 2.67 bits per heavy atom. The first-order valence-electron chi connectivity index (χ1n) is 5.56. The maximum absolute atomic E-state index is 6.16. The molecule has 0 bridgehead atoms. The van der Waals surface area contributed by atoms with Crippen LogP contribution in [0.2, 0.25) is 0 Å². The fourth-order valence-electron chi connectivity index (χ4n) is 1.97. The predicted octanol–water partition coefficient (Wildman–Crippen LogP) is 4.33. The molecule has 0 aromatic heterocycles. The Bertz CT molecular complexity index is 649. The number of nitrogens with zero attached hydrogens (tertiary/aromatic N) is 2. The molecule has 1 atom stereocenters. The van der Waals surface area contributed by atoms with Gasteiger partial charge in [0.25, 0.3) is 0 Å². The zero-order valence-electron chi connectivity index (χ0n) is 9.42. The third-order valence-corrected chi connectivity index (χ3v) is 3.36. The first-order chi connectivity index (χ1) is 8.74. The van der Waals surface area contributed by atoms with Gasteiger partial charge in [0, 0.05) is 18.1 Å². The summed E-state index contributed by atoms with van der Waals surface area (Å²) >= 11 is 12.1. The molecule has 0 amide bonds. The van der Waals surface area contributed by atoms with Crippen LogP contribution in [-0.2, 0) is 0 Å². The van der Waals surface area contributed by atoms with E-state index in [1.807, 2.05) is 23.1 Å². The van der Waals surface area contributed by atoms with Crippen molar-refractivity contribution in [1.29, 1.82) is 0 Å². The molecule has 0 radical (unpaired) electrons. The second kappa shape index (κ2) is 4.63. The number of hydrogen-bond acceptors (Lipinski definition) is 2. The standard InChI is InChI=1S/C14H10Cl2N2/c15-12-8-17-14(16)18(9-12)13-6-5-10-3-1-2-4-11(10)7-13/h1-9,14H. The topological polar surface area (TPSA) is 15.6 Å². The Morgan fingerprint density at radius 1 is 1.06 bits per heavy atom. The van der Waals surface area contributed by atoms with Crippen molar-refractivity contribution < 1.29 is 0 Å². The van der Waals surface area contributed by atoms with Crippen molar-refractivity contribution in [3.63, 3.8) is 0 Å². The van der Waals surface area contributed by atoms with E-state index in [-0.39, 0.29) is 0 Å². The summed E-state index contributed by atoms with van der Waals surface area (Å²) in [6.07, 6.45) is 3.35. The number of halogens is 2. The summed E-state index contributed by atoms with van der Waals surface area (Å²) in [5.41, 5.74) is 0.525. The minimum atomic E-state index is -0.450. The number of aliphatic imine (C=N–C) groups is 1. The lowest BCUT2D eigenvalue weighted by Gasteiger charge is -2.26. The van der Waals surface area contributed by atoms with E-state index < -0.39 is 5.62 Å². The molecular formula is C14H10Cl2N2. The first kappa shape index (κ1) is 11.6. The van der Waals surface area contributed by atoms with Gasteiger partial charge in [0.2, 0.25) is 5.62 Å². The lowest BCUT2D eigenvalue weighted by Crippen LogP contribution is -2.26. The van der Waals surface area contributed by atoms with Gasteiger partial charge in [-0.15, -0.1) is 0 Å². The summed E-state index contributed by atoms with van der Waals surface area (Å²) in [4.78, 5) is 5.96. The average molecular weight is 277 g/mol. The normalized spacial score (nSPS) is 19.1. The van der Waals surface area contributed by atoms with Gasteiger partial charge in [-0.25, -0.2) is 0 Å². The third-order valence-electron chi connectivity index (χ3n) is 2.84. The average Bonchev–Trinajstić information content (AvgIpc) is 2.41. The van der Waals surface area contributed by atoms with Crippen LogP contribution < -0.4 is 4.90 Å². The number of hydrogen-bond donors (Lipinski definition) is 0. The van der Waals surface area contributed by atoms with Crippen molar-refractivity contribution in [2.75, 3.05) is 4.90 Å². The van der Waals surface area contributed by atoms with Crippen molar-refractivity contribution in [3.05, 3.63) is 53.7 Å². The van der Waals surface area contributed by atoms with E-state index in [1.54, 1.807) is 12.4 Å². The fraction of sp³-hybridized carbons (Fsp3) is 0.0714. The molecule has 4 heteroatoms. The maximum Gasteiger partial charge on any atom is 0.201 e. The van der Waals surface area contributed by atoms with Gasteiger partial charge in [-0.05, 0) is 22.9 Å². The molecular weight excluding hydrogens is 267 g/mol. The van der Waals surface area contributed by atoms with E-state index in [0.29, 0.717) is 5.03 Å². The monoisotopic (exact) mass is 276 g/mol. The van der Waals surface area contributed by atoms with Crippen LogP contribution in [0.3, 0.4) is 0 Å². The van der Waals surface area contributed by atoms with Crippen LogP contribution in [-0.4, -0.2) is 11.8 Å². The predicted molar refractivity (Wildman–Crippen MR) is 78.5 cm³/mol. The van der Waals surface area contributed by atoms with E-state index in [9.17, 15) is 0 Å². The first-order valence-corrected chi connectivity index (χ1v) is 6.37. The zero-order chi connectivity index (χ0) is 12.5. The van der Waals surface area contributed by atoms with Crippen LogP contribution in [0, 0.1) is 0 Å². The molecule has 18 heavy (non-hydrogen) atoms. The van der Waals surface area contributed by atoms with Gasteiger partial charge in [0.15, 0.2) is 0 Å². The molecule has 0 aliphatic carbocycles. The van der Waals surface area contributed by atoms with Crippen molar-refractivity contribution >= 4 is 45.9 Å². The van der Waals surface area contributed by atoms with E-state index >= 15 is 0 Å². The molecule has 0 saturated heterocycles. The lowest BCUT2D eigenvalue weighted by molar-refractivity contribution is 0.892. The summed E-state index contributed by atoms with van der Waals surface area (Å²) in [6.45, 7) is 0. The van der Waals surface area contributed by atoms with Gasteiger partial charge in [-0.2, -0.15) is 0 Å². The summed E-state index contributed by atoms with van der Waals surface area (Å²) < 4.78 is 0. The SMILES string of the molecule is ClC1=CN(c2ccc3ccccc3c2)C(Cl)N=C1.